The quantitative estimate of drug-likeness (QED) is 0.697. The molecule has 0 fully saturated rings. The highest BCUT2D eigenvalue weighted by Gasteiger charge is 2.11. The molecule has 128 valence electrons. The van der Waals surface area contributed by atoms with Crippen molar-refractivity contribution >= 4 is 34.8 Å². The van der Waals surface area contributed by atoms with Gasteiger partial charge < -0.3 is 10.1 Å². The molecule has 0 saturated heterocycles. The first-order chi connectivity index (χ1) is 12.0. The molecule has 25 heavy (non-hydrogen) atoms. The first kappa shape index (κ1) is 17.3. The molecule has 3 aromatic rings. The van der Waals surface area contributed by atoms with E-state index in [-0.39, 0.29) is 18.3 Å². The number of nitrogens with zero attached hydrogens (tertiary/aromatic N) is 2. The standard InChI is InChI=1S/C18H15Cl2N3O2/c1-12-4-2-3-5-17(12)25-11-23-9-8-16(22-23)18(24)21-13-6-7-14(19)15(20)10-13/h2-10H,11H2,1H3,(H,21,24). The molecule has 7 heteroatoms. The summed E-state index contributed by atoms with van der Waals surface area (Å²) in [6.45, 7) is 2.18. The van der Waals surface area contributed by atoms with E-state index in [4.69, 9.17) is 27.9 Å². The van der Waals surface area contributed by atoms with E-state index in [1.807, 2.05) is 31.2 Å². The van der Waals surface area contributed by atoms with E-state index in [9.17, 15) is 4.79 Å². The van der Waals surface area contributed by atoms with Crippen LogP contribution in [0.1, 0.15) is 16.1 Å². The lowest BCUT2D eigenvalue weighted by Crippen LogP contribution is -2.14. The minimum Gasteiger partial charge on any atom is -0.471 e. The summed E-state index contributed by atoms with van der Waals surface area (Å²) in [5.74, 6) is 0.438. The highest BCUT2D eigenvalue weighted by Crippen LogP contribution is 2.25. The number of halogens is 2. The summed E-state index contributed by atoms with van der Waals surface area (Å²) in [6, 6.07) is 14.2. The number of carbonyl (C=O) groups is 1. The molecule has 1 aromatic heterocycles. The summed E-state index contributed by atoms with van der Waals surface area (Å²) in [6.07, 6.45) is 1.68. The summed E-state index contributed by atoms with van der Waals surface area (Å²) in [5, 5.41) is 7.74. The van der Waals surface area contributed by atoms with Crippen LogP contribution < -0.4 is 10.1 Å². The number of aryl methyl sites for hydroxylation is 1. The molecule has 0 bridgehead atoms. The van der Waals surface area contributed by atoms with Gasteiger partial charge in [-0.1, -0.05) is 41.4 Å². The Hall–Kier alpha value is -2.50. The topological polar surface area (TPSA) is 56.1 Å². The zero-order valence-electron chi connectivity index (χ0n) is 13.4. The Bertz CT molecular complexity index is 909. The molecule has 0 atom stereocenters. The van der Waals surface area contributed by atoms with Crippen molar-refractivity contribution in [2.75, 3.05) is 5.32 Å². The minimum atomic E-state index is -0.340. The Labute approximate surface area is 155 Å². The predicted molar refractivity (Wildman–Crippen MR) is 98.4 cm³/mol. The van der Waals surface area contributed by atoms with Gasteiger partial charge in [0.05, 0.1) is 10.0 Å². The smallest absolute Gasteiger partial charge is 0.276 e. The average molecular weight is 376 g/mol. The summed E-state index contributed by atoms with van der Waals surface area (Å²) >= 11 is 11.8. The van der Waals surface area contributed by atoms with Crippen molar-refractivity contribution in [3.63, 3.8) is 0 Å². The maximum absolute atomic E-state index is 12.2. The number of rotatable bonds is 5. The zero-order valence-corrected chi connectivity index (χ0v) is 14.9. The Morgan fingerprint density at radius 2 is 1.96 bits per heavy atom. The number of aromatic nitrogens is 2. The van der Waals surface area contributed by atoms with Crippen LogP contribution in [0.15, 0.2) is 54.7 Å². The van der Waals surface area contributed by atoms with Crippen LogP contribution in [0.25, 0.3) is 0 Å². The molecule has 3 rings (SSSR count). The Balaban J connectivity index is 1.63. The number of carbonyl (C=O) groups excluding carboxylic acids is 1. The van der Waals surface area contributed by atoms with E-state index < -0.39 is 0 Å². The third kappa shape index (κ3) is 4.32. The van der Waals surface area contributed by atoms with Crippen molar-refractivity contribution in [1.29, 1.82) is 0 Å². The van der Waals surface area contributed by atoms with Gasteiger partial charge >= 0.3 is 0 Å². The van der Waals surface area contributed by atoms with E-state index in [1.165, 1.54) is 0 Å². The second kappa shape index (κ2) is 7.59. The number of amides is 1. The molecule has 0 spiro atoms. The molecule has 2 aromatic carbocycles. The van der Waals surface area contributed by atoms with Crippen LogP contribution in [-0.2, 0) is 6.73 Å². The zero-order chi connectivity index (χ0) is 17.8. The van der Waals surface area contributed by atoms with Gasteiger partial charge in [-0.3, -0.25) is 4.79 Å². The summed E-state index contributed by atoms with van der Waals surface area (Å²) in [4.78, 5) is 12.2. The molecule has 0 unspecified atom stereocenters. The Morgan fingerprint density at radius 1 is 1.16 bits per heavy atom. The highest BCUT2D eigenvalue weighted by molar-refractivity contribution is 6.42. The normalized spacial score (nSPS) is 10.5. The van der Waals surface area contributed by atoms with Crippen LogP contribution in [0.2, 0.25) is 10.0 Å². The number of anilines is 1. The van der Waals surface area contributed by atoms with Gasteiger partial charge in [-0.15, -0.1) is 0 Å². The summed E-state index contributed by atoms with van der Waals surface area (Å²) in [5.41, 5.74) is 1.86. The fourth-order valence-corrected chi connectivity index (χ4v) is 2.48. The lowest BCUT2D eigenvalue weighted by atomic mass is 10.2. The maximum atomic E-state index is 12.2. The number of para-hydroxylation sites is 1. The lowest BCUT2D eigenvalue weighted by Gasteiger charge is -2.08. The van der Waals surface area contributed by atoms with Gasteiger partial charge in [-0.25, -0.2) is 4.68 Å². The fourth-order valence-electron chi connectivity index (χ4n) is 2.18. The third-order valence-electron chi connectivity index (χ3n) is 3.50. The van der Waals surface area contributed by atoms with Crippen LogP contribution in [-0.4, -0.2) is 15.7 Å². The lowest BCUT2D eigenvalue weighted by molar-refractivity contribution is 0.102. The van der Waals surface area contributed by atoms with Crippen LogP contribution >= 0.6 is 23.2 Å². The molecule has 0 radical (unpaired) electrons. The predicted octanol–water partition coefficient (Wildman–Crippen LogP) is 4.79. The number of hydrogen-bond acceptors (Lipinski definition) is 3. The molecule has 1 heterocycles. The third-order valence-corrected chi connectivity index (χ3v) is 4.24. The second-order valence-corrected chi connectivity index (χ2v) is 6.18. The number of hydrogen-bond donors (Lipinski definition) is 1. The average Bonchev–Trinajstić information content (AvgIpc) is 3.07. The summed E-state index contributed by atoms with van der Waals surface area (Å²) in [7, 11) is 0. The van der Waals surface area contributed by atoms with E-state index >= 15 is 0 Å². The van der Waals surface area contributed by atoms with Crippen LogP contribution in [0.3, 0.4) is 0 Å². The van der Waals surface area contributed by atoms with Crippen LogP contribution in [0, 0.1) is 6.92 Å². The molecular weight excluding hydrogens is 361 g/mol. The van der Waals surface area contributed by atoms with Crippen molar-refractivity contribution in [3.8, 4) is 5.75 Å². The molecule has 0 saturated carbocycles. The van der Waals surface area contributed by atoms with Gasteiger partial charge in [0.25, 0.3) is 5.91 Å². The molecule has 0 aliphatic heterocycles. The molecule has 1 amide bonds. The van der Waals surface area contributed by atoms with E-state index in [0.29, 0.717) is 15.7 Å². The van der Waals surface area contributed by atoms with E-state index in [2.05, 4.69) is 10.4 Å². The van der Waals surface area contributed by atoms with Crippen LogP contribution in [0.5, 0.6) is 5.75 Å². The number of ether oxygens (including phenoxy) is 1. The maximum Gasteiger partial charge on any atom is 0.276 e. The SMILES string of the molecule is Cc1ccccc1OCn1ccc(C(=O)Nc2ccc(Cl)c(Cl)c2)n1. The second-order valence-electron chi connectivity index (χ2n) is 5.36. The molecule has 1 N–H and O–H groups in total. The molecular formula is C18H15Cl2N3O2. The van der Waals surface area contributed by atoms with E-state index in [0.717, 1.165) is 11.3 Å². The van der Waals surface area contributed by atoms with Crippen LogP contribution in [0.4, 0.5) is 5.69 Å². The van der Waals surface area contributed by atoms with Gasteiger partial charge in [0.15, 0.2) is 12.4 Å². The van der Waals surface area contributed by atoms with Crippen molar-refractivity contribution in [1.82, 2.24) is 9.78 Å². The molecule has 0 aliphatic carbocycles. The first-order valence-electron chi connectivity index (χ1n) is 7.51. The highest BCUT2D eigenvalue weighted by atomic mass is 35.5. The van der Waals surface area contributed by atoms with E-state index in [1.54, 1.807) is 35.1 Å². The van der Waals surface area contributed by atoms with Gasteiger partial charge in [-0.2, -0.15) is 5.10 Å². The van der Waals surface area contributed by atoms with Gasteiger partial charge in [0.1, 0.15) is 5.75 Å². The van der Waals surface area contributed by atoms with Gasteiger partial charge in [0, 0.05) is 11.9 Å². The molecule has 5 nitrogen and oxygen atoms in total. The number of benzene rings is 2. The van der Waals surface area contributed by atoms with Crippen molar-refractivity contribution in [2.45, 2.75) is 13.7 Å². The monoisotopic (exact) mass is 375 g/mol. The Morgan fingerprint density at radius 3 is 2.72 bits per heavy atom. The minimum absolute atomic E-state index is 0.213. The van der Waals surface area contributed by atoms with Gasteiger partial charge in [0.2, 0.25) is 0 Å². The van der Waals surface area contributed by atoms with Crippen molar-refractivity contribution in [3.05, 3.63) is 76.0 Å². The molecule has 0 aliphatic rings. The largest absolute Gasteiger partial charge is 0.471 e. The van der Waals surface area contributed by atoms with Crippen molar-refractivity contribution in [2.24, 2.45) is 0 Å². The van der Waals surface area contributed by atoms with Crippen molar-refractivity contribution < 1.29 is 9.53 Å². The first-order valence-corrected chi connectivity index (χ1v) is 8.27. The summed E-state index contributed by atoms with van der Waals surface area (Å²) < 4.78 is 7.25. The Kier molecular flexibility index (Phi) is 5.26. The fraction of sp³-hybridized carbons (Fsp3) is 0.111. The van der Waals surface area contributed by atoms with Gasteiger partial charge in [-0.05, 0) is 42.8 Å². The number of nitrogens with one attached hydrogen (secondary N) is 1.